The average Bonchev–Trinajstić information content (AvgIpc) is 2.59. The summed E-state index contributed by atoms with van der Waals surface area (Å²) in [6, 6.07) is 9.61. The molecule has 1 aromatic carbocycles. The summed E-state index contributed by atoms with van der Waals surface area (Å²) in [5.41, 5.74) is 0.614. The largest absolute Gasteiger partial charge is 0.385 e. The van der Waals surface area contributed by atoms with Gasteiger partial charge in [-0.25, -0.2) is 0 Å². The molecule has 1 aliphatic rings. The molecule has 1 saturated heterocycles. The van der Waals surface area contributed by atoms with Gasteiger partial charge in [0, 0.05) is 26.2 Å². The highest BCUT2D eigenvalue weighted by Crippen LogP contribution is 2.38. The van der Waals surface area contributed by atoms with Crippen molar-refractivity contribution in [2.24, 2.45) is 5.92 Å². The Morgan fingerprint density at radius 1 is 1.45 bits per heavy atom. The van der Waals surface area contributed by atoms with Gasteiger partial charge in [-0.15, -0.1) is 0 Å². The summed E-state index contributed by atoms with van der Waals surface area (Å²) < 4.78 is 5.11. The highest BCUT2D eigenvalue weighted by molar-refractivity contribution is 5.36. The number of piperidine rings is 1. The Kier molecular flexibility index (Phi) is 6.38. The maximum atomic E-state index is 11.4. The van der Waals surface area contributed by atoms with Crippen LogP contribution in [-0.4, -0.2) is 31.9 Å². The highest BCUT2D eigenvalue weighted by Gasteiger charge is 2.38. The topological polar surface area (TPSA) is 65.3 Å². The van der Waals surface area contributed by atoms with Crippen LogP contribution >= 0.6 is 0 Å². The van der Waals surface area contributed by atoms with Gasteiger partial charge in [-0.3, -0.25) is 0 Å². The number of hydrogen-bond acceptors (Lipinski definition) is 4. The van der Waals surface area contributed by atoms with Crippen LogP contribution in [0.1, 0.15) is 43.2 Å². The molecule has 2 N–H and O–H groups in total. The van der Waals surface area contributed by atoms with Crippen LogP contribution in [0.3, 0.4) is 0 Å². The van der Waals surface area contributed by atoms with Crippen molar-refractivity contribution in [2.75, 3.05) is 26.8 Å². The van der Waals surface area contributed by atoms with E-state index in [-0.39, 0.29) is 5.92 Å². The Hall–Kier alpha value is -1.41. The predicted molar refractivity (Wildman–Crippen MR) is 86.4 cm³/mol. The van der Waals surface area contributed by atoms with Crippen LogP contribution in [0, 0.1) is 17.2 Å². The Morgan fingerprint density at radius 3 is 3.00 bits per heavy atom. The minimum absolute atomic E-state index is 0.192. The van der Waals surface area contributed by atoms with Gasteiger partial charge < -0.3 is 15.2 Å². The molecular weight excluding hydrogens is 276 g/mol. The number of methoxy groups -OCH3 is 1. The summed E-state index contributed by atoms with van der Waals surface area (Å²) in [7, 11) is 1.70. The molecule has 2 atom stereocenters. The first-order valence-corrected chi connectivity index (χ1v) is 8.13. The number of nitrogens with zero attached hydrogens (tertiary/aromatic N) is 1. The number of unbranched alkanes of at least 4 members (excludes halogenated alkanes) is 1. The number of ether oxygens (including phenoxy) is 1. The van der Waals surface area contributed by atoms with Crippen LogP contribution in [0.5, 0.6) is 0 Å². The molecule has 0 radical (unpaired) electrons. The van der Waals surface area contributed by atoms with Crippen LogP contribution in [-0.2, 0) is 10.3 Å². The standard InChI is InChI=1S/C18H26N2O2/c1-22-11-3-2-9-18(21,17-8-5-10-20-14-17)16-7-4-6-15(12-16)13-19/h4,6-7,12,17,20-21H,2-3,5,8-11,14H2,1H3/t17-,18-/m1/s1. The summed E-state index contributed by atoms with van der Waals surface area (Å²) in [5, 5.41) is 24.0. The smallest absolute Gasteiger partial charge is 0.0991 e. The molecule has 4 nitrogen and oxygen atoms in total. The summed E-state index contributed by atoms with van der Waals surface area (Å²) in [6.07, 6.45) is 4.67. The van der Waals surface area contributed by atoms with E-state index >= 15 is 0 Å². The molecule has 2 rings (SSSR count). The summed E-state index contributed by atoms with van der Waals surface area (Å²) in [6.45, 7) is 2.57. The van der Waals surface area contributed by atoms with Crippen molar-refractivity contribution < 1.29 is 9.84 Å². The second-order valence-electron chi connectivity index (χ2n) is 6.11. The van der Waals surface area contributed by atoms with Crippen LogP contribution in [0.2, 0.25) is 0 Å². The Morgan fingerprint density at radius 2 is 2.32 bits per heavy atom. The maximum Gasteiger partial charge on any atom is 0.0991 e. The third-order valence-corrected chi connectivity index (χ3v) is 4.62. The molecule has 0 aromatic heterocycles. The highest BCUT2D eigenvalue weighted by atomic mass is 16.5. The van der Waals surface area contributed by atoms with Gasteiger partial charge in [-0.2, -0.15) is 5.26 Å². The number of nitriles is 1. The molecule has 1 fully saturated rings. The fourth-order valence-corrected chi connectivity index (χ4v) is 3.34. The van der Waals surface area contributed by atoms with Crippen molar-refractivity contribution in [1.29, 1.82) is 5.26 Å². The molecule has 1 aromatic rings. The van der Waals surface area contributed by atoms with Crippen LogP contribution in [0.4, 0.5) is 0 Å². The average molecular weight is 302 g/mol. The van der Waals surface area contributed by atoms with Gasteiger partial charge in [0.25, 0.3) is 0 Å². The van der Waals surface area contributed by atoms with Gasteiger partial charge in [-0.1, -0.05) is 12.1 Å². The third kappa shape index (κ3) is 4.07. The van der Waals surface area contributed by atoms with E-state index in [0.29, 0.717) is 12.0 Å². The molecule has 120 valence electrons. The quantitative estimate of drug-likeness (QED) is 0.760. The number of aliphatic hydroxyl groups is 1. The molecule has 22 heavy (non-hydrogen) atoms. The Balaban J connectivity index is 2.20. The number of rotatable bonds is 7. The zero-order valence-corrected chi connectivity index (χ0v) is 13.3. The van der Waals surface area contributed by atoms with Crippen LogP contribution in [0.15, 0.2) is 24.3 Å². The lowest BCUT2D eigenvalue weighted by atomic mass is 9.74. The lowest BCUT2D eigenvalue weighted by Crippen LogP contribution is -2.44. The minimum atomic E-state index is -0.867. The van der Waals surface area contributed by atoms with E-state index in [1.807, 2.05) is 18.2 Å². The van der Waals surface area contributed by atoms with E-state index in [1.165, 1.54) is 0 Å². The Bertz CT molecular complexity index is 506. The number of benzene rings is 1. The van der Waals surface area contributed by atoms with E-state index in [2.05, 4.69) is 11.4 Å². The molecule has 0 unspecified atom stereocenters. The van der Waals surface area contributed by atoms with Crippen LogP contribution in [0.25, 0.3) is 0 Å². The van der Waals surface area contributed by atoms with Gasteiger partial charge in [-0.05, 0) is 56.3 Å². The van der Waals surface area contributed by atoms with E-state index in [9.17, 15) is 5.11 Å². The lowest BCUT2D eigenvalue weighted by Gasteiger charge is -2.39. The first-order valence-electron chi connectivity index (χ1n) is 8.13. The zero-order valence-electron chi connectivity index (χ0n) is 13.3. The SMILES string of the molecule is COCCCC[C@@](O)(c1cccc(C#N)c1)[C@@H]1CCCNC1. The first-order chi connectivity index (χ1) is 10.7. The fraction of sp³-hybridized carbons (Fsp3) is 0.611. The first kappa shape index (κ1) is 17.0. The lowest BCUT2D eigenvalue weighted by molar-refractivity contribution is -0.0434. The molecule has 1 heterocycles. The predicted octanol–water partition coefficient (Wildman–Crippen LogP) is 2.56. The van der Waals surface area contributed by atoms with Crippen LogP contribution < -0.4 is 5.32 Å². The van der Waals surface area contributed by atoms with Crippen molar-refractivity contribution in [2.45, 2.75) is 37.7 Å². The second kappa shape index (κ2) is 8.28. The summed E-state index contributed by atoms with van der Waals surface area (Å²) in [4.78, 5) is 0. The van der Waals surface area contributed by atoms with Gasteiger partial charge in [0.1, 0.15) is 0 Å². The minimum Gasteiger partial charge on any atom is -0.385 e. The zero-order chi connectivity index (χ0) is 15.8. The summed E-state index contributed by atoms with van der Waals surface area (Å²) >= 11 is 0. The second-order valence-corrected chi connectivity index (χ2v) is 6.11. The normalized spacial score (nSPS) is 21.0. The van der Waals surface area contributed by atoms with Crippen molar-refractivity contribution in [1.82, 2.24) is 5.32 Å². The molecule has 0 amide bonds. The molecule has 0 saturated carbocycles. The molecular formula is C18H26N2O2. The molecule has 0 spiro atoms. The fourth-order valence-electron chi connectivity index (χ4n) is 3.34. The maximum absolute atomic E-state index is 11.4. The van der Waals surface area contributed by atoms with Crippen molar-refractivity contribution >= 4 is 0 Å². The van der Waals surface area contributed by atoms with Gasteiger partial charge in [0.2, 0.25) is 0 Å². The van der Waals surface area contributed by atoms with Crippen molar-refractivity contribution in [3.05, 3.63) is 35.4 Å². The van der Waals surface area contributed by atoms with Gasteiger partial charge in [0.05, 0.1) is 17.2 Å². The van der Waals surface area contributed by atoms with E-state index in [4.69, 9.17) is 10.00 Å². The monoisotopic (exact) mass is 302 g/mol. The van der Waals surface area contributed by atoms with Gasteiger partial charge >= 0.3 is 0 Å². The Labute approximate surface area is 133 Å². The molecule has 0 bridgehead atoms. The molecule has 0 aliphatic carbocycles. The van der Waals surface area contributed by atoms with E-state index in [0.717, 1.165) is 50.9 Å². The third-order valence-electron chi connectivity index (χ3n) is 4.62. The van der Waals surface area contributed by atoms with Crippen molar-refractivity contribution in [3.63, 3.8) is 0 Å². The molecule has 1 aliphatic heterocycles. The van der Waals surface area contributed by atoms with E-state index in [1.54, 1.807) is 13.2 Å². The number of nitrogens with one attached hydrogen (secondary N) is 1. The van der Waals surface area contributed by atoms with Crippen molar-refractivity contribution in [3.8, 4) is 6.07 Å². The van der Waals surface area contributed by atoms with Gasteiger partial charge in [0.15, 0.2) is 0 Å². The number of hydrogen-bond donors (Lipinski definition) is 2. The van der Waals surface area contributed by atoms with E-state index < -0.39 is 5.60 Å². The summed E-state index contributed by atoms with van der Waals surface area (Å²) in [5.74, 6) is 0.192. The molecule has 4 heteroatoms.